The molecule has 4 aromatic heterocycles. The average Bonchev–Trinajstić information content (AvgIpc) is 3.52. The number of anilines is 3. The van der Waals surface area contributed by atoms with Crippen LogP contribution >= 0.6 is 22.9 Å². The first-order valence-electron chi connectivity index (χ1n) is 9.90. The van der Waals surface area contributed by atoms with E-state index in [4.69, 9.17) is 16.1 Å². The number of rotatable bonds is 7. The molecule has 0 saturated heterocycles. The first kappa shape index (κ1) is 25.0. The van der Waals surface area contributed by atoms with Gasteiger partial charge in [0.1, 0.15) is 39.8 Å². The molecule has 0 aliphatic heterocycles. The number of amides is 2. The van der Waals surface area contributed by atoms with Crippen LogP contribution in [0.1, 0.15) is 43.7 Å². The summed E-state index contributed by atoms with van der Waals surface area (Å²) in [5, 5.41) is 11.3. The maximum atomic E-state index is 13.0. The predicted molar refractivity (Wildman–Crippen MR) is 122 cm³/mol. The summed E-state index contributed by atoms with van der Waals surface area (Å²) in [6.07, 6.45) is -0.101. The molecule has 0 fully saturated rings. The van der Waals surface area contributed by atoms with Crippen molar-refractivity contribution in [1.82, 2.24) is 30.4 Å². The molecule has 0 saturated carbocycles. The highest BCUT2D eigenvalue weighted by Gasteiger charge is 2.34. The van der Waals surface area contributed by atoms with Crippen LogP contribution in [0.4, 0.5) is 30.6 Å². The van der Waals surface area contributed by atoms with Gasteiger partial charge in [0, 0.05) is 18.3 Å². The van der Waals surface area contributed by atoms with E-state index in [9.17, 15) is 22.8 Å². The lowest BCUT2D eigenvalue weighted by Crippen LogP contribution is -2.27. The van der Waals surface area contributed by atoms with E-state index in [-0.39, 0.29) is 16.4 Å². The van der Waals surface area contributed by atoms with E-state index in [0.717, 1.165) is 17.5 Å². The molecule has 4 rings (SSSR count). The summed E-state index contributed by atoms with van der Waals surface area (Å²) in [6, 6.07) is 3.00. The van der Waals surface area contributed by atoms with Crippen LogP contribution in [0.3, 0.4) is 0 Å². The van der Waals surface area contributed by atoms with Crippen LogP contribution in [0.5, 0.6) is 0 Å². The Morgan fingerprint density at radius 3 is 2.58 bits per heavy atom. The first-order chi connectivity index (χ1) is 17.1. The molecule has 4 aromatic rings. The molecule has 0 radical (unpaired) electrons. The highest BCUT2D eigenvalue weighted by Crippen LogP contribution is 2.35. The molecule has 0 aliphatic rings. The quantitative estimate of drug-likeness (QED) is 0.310. The number of hydrogen-bond donors (Lipinski definition) is 3. The highest BCUT2D eigenvalue weighted by atomic mass is 35.5. The largest absolute Gasteiger partial charge is 0.418 e. The number of nitrogens with one attached hydrogen (secondary N) is 3. The van der Waals surface area contributed by atoms with Crippen molar-refractivity contribution in [2.45, 2.75) is 19.1 Å². The Labute approximate surface area is 209 Å². The molecule has 36 heavy (non-hydrogen) atoms. The SMILES string of the molecule is CC(NC(=O)c1cc(Nc2ccon2)ncn1)c1ncc(C(=O)Nc2cc(C(F)(F)F)c(Cl)cn2)s1. The number of carbonyl (C=O) groups is 2. The Hall–Kier alpha value is -4.11. The molecule has 0 bridgehead atoms. The van der Waals surface area contributed by atoms with Crippen molar-refractivity contribution in [3.63, 3.8) is 0 Å². The Morgan fingerprint density at radius 2 is 1.86 bits per heavy atom. The predicted octanol–water partition coefficient (Wildman–Crippen LogP) is 4.48. The summed E-state index contributed by atoms with van der Waals surface area (Å²) in [5.74, 6) is -0.870. The molecule has 1 atom stereocenters. The Bertz CT molecular complexity index is 1400. The summed E-state index contributed by atoms with van der Waals surface area (Å²) in [5.41, 5.74) is -1.06. The Morgan fingerprint density at radius 1 is 1.06 bits per heavy atom. The van der Waals surface area contributed by atoms with Gasteiger partial charge in [-0.3, -0.25) is 9.59 Å². The van der Waals surface area contributed by atoms with Gasteiger partial charge in [-0.05, 0) is 13.0 Å². The van der Waals surface area contributed by atoms with Crippen molar-refractivity contribution in [3.8, 4) is 0 Å². The minimum Gasteiger partial charge on any atom is -0.363 e. The maximum absolute atomic E-state index is 13.0. The standard InChI is InChI=1S/C20H14ClF3N8O3S/c1-9(29-17(33)12-5-16(28-8-27-12)30-14-2-3-35-32-14)19-26-7-13(36-19)18(34)31-15-4-10(20(22,23)24)11(21)6-25-15/h2-9H,1H3,(H,29,33)(H,25,31,34)(H,27,28,30,32). The average molecular weight is 539 g/mol. The van der Waals surface area contributed by atoms with E-state index in [1.165, 1.54) is 24.9 Å². The molecule has 0 spiro atoms. The smallest absolute Gasteiger partial charge is 0.363 e. The lowest BCUT2D eigenvalue weighted by Gasteiger charge is -2.11. The van der Waals surface area contributed by atoms with Crippen molar-refractivity contribution in [1.29, 1.82) is 0 Å². The van der Waals surface area contributed by atoms with Crippen LogP contribution in [-0.4, -0.2) is 36.9 Å². The van der Waals surface area contributed by atoms with Crippen LogP contribution in [0.15, 0.2) is 47.7 Å². The second-order valence-electron chi connectivity index (χ2n) is 7.06. The molecular weight excluding hydrogens is 525 g/mol. The fraction of sp³-hybridized carbons (Fsp3) is 0.150. The topological polar surface area (TPSA) is 148 Å². The van der Waals surface area contributed by atoms with Crippen LogP contribution in [0, 0.1) is 0 Å². The third kappa shape index (κ3) is 5.92. The Kier molecular flexibility index (Phi) is 7.12. The monoisotopic (exact) mass is 538 g/mol. The normalized spacial score (nSPS) is 12.1. The minimum absolute atomic E-state index is 0.0617. The third-order valence-corrected chi connectivity index (χ3v) is 5.94. The summed E-state index contributed by atoms with van der Waals surface area (Å²) in [7, 11) is 0. The van der Waals surface area contributed by atoms with Gasteiger partial charge in [0.15, 0.2) is 5.82 Å². The maximum Gasteiger partial charge on any atom is 0.418 e. The summed E-state index contributed by atoms with van der Waals surface area (Å²) in [6.45, 7) is 1.64. The second kappa shape index (κ2) is 10.2. The molecule has 4 heterocycles. The van der Waals surface area contributed by atoms with Gasteiger partial charge in [0.25, 0.3) is 11.8 Å². The van der Waals surface area contributed by atoms with E-state index < -0.39 is 34.6 Å². The van der Waals surface area contributed by atoms with Crippen LogP contribution in [-0.2, 0) is 6.18 Å². The van der Waals surface area contributed by atoms with E-state index in [1.807, 2.05) is 0 Å². The van der Waals surface area contributed by atoms with Gasteiger partial charge < -0.3 is 20.5 Å². The van der Waals surface area contributed by atoms with Gasteiger partial charge in [-0.2, -0.15) is 13.2 Å². The lowest BCUT2D eigenvalue weighted by molar-refractivity contribution is -0.137. The number of aromatic nitrogens is 5. The summed E-state index contributed by atoms with van der Waals surface area (Å²) in [4.78, 5) is 41.0. The number of nitrogens with zero attached hydrogens (tertiary/aromatic N) is 5. The molecular formula is C20H14ClF3N8O3S. The van der Waals surface area contributed by atoms with Gasteiger partial charge in [-0.25, -0.2) is 19.9 Å². The van der Waals surface area contributed by atoms with Gasteiger partial charge >= 0.3 is 6.18 Å². The van der Waals surface area contributed by atoms with Crippen LogP contribution in [0.2, 0.25) is 5.02 Å². The van der Waals surface area contributed by atoms with Crippen molar-refractivity contribution in [3.05, 3.63) is 69.3 Å². The van der Waals surface area contributed by atoms with E-state index in [1.54, 1.807) is 13.0 Å². The fourth-order valence-corrected chi connectivity index (χ4v) is 3.81. The number of halogens is 4. The van der Waals surface area contributed by atoms with Gasteiger partial charge in [0.05, 0.1) is 22.8 Å². The number of carbonyl (C=O) groups excluding carboxylic acids is 2. The lowest BCUT2D eigenvalue weighted by atomic mass is 10.2. The van der Waals surface area contributed by atoms with E-state index >= 15 is 0 Å². The number of hydrogen-bond acceptors (Lipinski definition) is 10. The van der Waals surface area contributed by atoms with Crippen molar-refractivity contribution < 1.29 is 27.3 Å². The molecule has 16 heteroatoms. The highest BCUT2D eigenvalue weighted by molar-refractivity contribution is 7.13. The van der Waals surface area contributed by atoms with Gasteiger partial charge in [-0.1, -0.05) is 16.8 Å². The fourth-order valence-electron chi connectivity index (χ4n) is 2.79. The minimum atomic E-state index is -4.71. The van der Waals surface area contributed by atoms with Crippen molar-refractivity contribution >= 4 is 52.2 Å². The van der Waals surface area contributed by atoms with Crippen molar-refractivity contribution in [2.75, 3.05) is 10.6 Å². The first-order valence-corrected chi connectivity index (χ1v) is 11.1. The number of alkyl halides is 3. The zero-order chi connectivity index (χ0) is 25.9. The van der Waals surface area contributed by atoms with Crippen LogP contribution in [0.25, 0.3) is 0 Å². The van der Waals surface area contributed by atoms with E-state index in [0.29, 0.717) is 22.7 Å². The molecule has 0 aromatic carbocycles. The molecule has 186 valence electrons. The molecule has 2 amide bonds. The zero-order valence-electron chi connectivity index (χ0n) is 18.0. The zero-order valence-corrected chi connectivity index (χ0v) is 19.6. The van der Waals surface area contributed by atoms with Crippen molar-refractivity contribution in [2.24, 2.45) is 0 Å². The number of thiazole rings is 1. The summed E-state index contributed by atoms with van der Waals surface area (Å²) >= 11 is 6.49. The molecule has 11 nitrogen and oxygen atoms in total. The van der Waals surface area contributed by atoms with Gasteiger partial charge in [0.2, 0.25) is 0 Å². The number of pyridine rings is 1. The molecule has 0 aliphatic carbocycles. The third-order valence-electron chi connectivity index (χ3n) is 4.46. The molecule has 3 N–H and O–H groups in total. The summed E-state index contributed by atoms with van der Waals surface area (Å²) < 4.78 is 43.8. The van der Waals surface area contributed by atoms with E-state index in [2.05, 4.69) is 41.0 Å². The second-order valence-corrected chi connectivity index (χ2v) is 8.53. The van der Waals surface area contributed by atoms with Gasteiger partial charge in [-0.15, -0.1) is 11.3 Å². The van der Waals surface area contributed by atoms with Crippen LogP contribution < -0.4 is 16.0 Å². The Balaban J connectivity index is 1.40. The molecule has 1 unspecified atom stereocenters.